The van der Waals surface area contributed by atoms with Gasteiger partial charge in [0.15, 0.2) is 0 Å². The Balaban J connectivity index is 1.88. The predicted octanol–water partition coefficient (Wildman–Crippen LogP) is 3.49. The SMILES string of the molecule is Cc1ccc(NC(=O)C2(C)Oc3ccccc3NC2=O)c(Br)c1. The number of nitrogens with one attached hydrogen (secondary N) is 2. The van der Waals surface area contributed by atoms with Gasteiger partial charge in [-0.05, 0) is 59.6 Å². The first-order valence-corrected chi connectivity index (χ1v) is 7.86. The Hall–Kier alpha value is -2.34. The van der Waals surface area contributed by atoms with Gasteiger partial charge >= 0.3 is 0 Å². The minimum atomic E-state index is -1.64. The second-order valence-corrected chi connectivity index (χ2v) is 6.38. The van der Waals surface area contributed by atoms with E-state index in [1.54, 1.807) is 30.3 Å². The lowest BCUT2D eigenvalue weighted by Crippen LogP contribution is -2.56. The summed E-state index contributed by atoms with van der Waals surface area (Å²) in [4.78, 5) is 25.0. The Bertz CT molecular complexity index is 806. The van der Waals surface area contributed by atoms with Gasteiger partial charge in [-0.3, -0.25) is 9.59 Å². The first-order chi connectivity index (χ1) is 10.9. The van der Waals surface area contributed by atoms with Crippen LogP contribution in [0.15, 0.2) is 46.9 Å². The Kier molecular flexibility index (Phi) is 3.85. The van der Waals surface area contributed by atoms with E-state index in [9.17, 15) is 9.59 Å². The predicted molar refractivity (Wildman–Crippen MR) is 91.6 cm³/mol. The number of halogens is 1. The third-order valence-electron chi connectivity index (χ3n) is 3.69. The molecule has 1 heterocycles. The van der Waals surface area contributed by atoms with Gasteiger partial charge in [-0.25, -0.2) is 0 Å². The van der Waals surface area contributed by atoms with Crippen LogP contribution in [-0.2, 0) is 9.59 Å². The van der Waals surface area contributed by atoms with Crippen LogP contribution in [0.4, 0.5) is 11.4 Å². The maximum absolute atomic E-state index is 12.6. The smallest absolute Gasteiger partial charge is 0.278 e. The van der Waals surface area contributed by atoms with E-state index in [0.717, 1.165) is 10.0 Å². The second kappa shape index (κ2) is 5.70. The van der Waals surface area contributed by atoms with Crippen LogP contribution in [-0.4, -0.2) is 17.4 Å². The topological polar surface area (TPSA) is 67.4 Å². The highest BCUT2D eigenvalue weighted by Crippen LogP contribution is 2.34. The number of fused-ring (bicyclic) bond motifs is 1. The average Bonchev–Trinajstić information content (AvgIpc) is 2.51. The Morgan fingerprint density at radius 1 is 1.26 bits per heavy atom. The van der Waals surface area contributed by atoms with E-state index in [4.69, 9.17) is 4.74 Å². The molecule has 0 saturated heterocycles. The largest absolute Gasteiger partial charge is 0.466 e. The van der Waals surface area contributed by atoms with E-state index >= 15 is 0 Å². The fourth-order valence-corrected chi connectivity index (χ4v) is 2.87. The minimum Gasteiger partial charge on any atom is -0.466 e. The summed E-state index contributed by atoms with van der Waals surface area (Å²) >= 11 is 3.40. The standard InChI is InChI=1S/C17H15BrN2O3/c1-10-7-8-12(11(18)9-10)19-15(21)17(2)16(22)20-13-5-3-4-6-14(13)23-17/h3-9H,1-2H3,(H,19,21)(H,20,22). The van der Waals surface area contributed by atoms with Crippen LogP contribution in [0, 0.1) is 6.92 Å². The monoisotopic (exact) mass is 374 g/mol. The van der Waals surface area contributed by atoms with E-state index in [0.29, 0.717) is 17.1 Å². The maximum atomic E-state index is 12.6. The molecule has 2 aromatic carbocycles. The average molecular weight is 375 g/mol. The molecule has 0 radical (unpaired) electrons. The summed E-state index contributed by atoms with van der Waals surface area (Å²) in [6, 6.07) is 12.5. The summed E-state index contributed by atoms with van der Waals surface area (Å²) in [5.41, 5.74) is 0.552. The molecule has 23 heavy (non-hydrogen) atoms. The van der Waals surface area contributed by atoms with Crippen molar-refractivity contribution in [1.82, 2.24) is 0 Å². The summed E-state index contributed by atoms with van der Waals surface area (Å²) in [6.45, 7) is 3.40. The Morgan fingerprint density at radius 2 is 2.00 bits per heavy atom. The summed E-state index contributed by atoms with van der Waals surface area (Å²) in [5, 5.41) is 5.44. The van der Waals surface area contributed by atoms with Crippen LogP contribution in [0.25, 0.3) is 0 Å². The normalized spacial score (nSPS) is 19.3. The highest BCUT2D eigenvalue weighted by Gasteiger charge is 2.47. The molecule has 0 aromatic heterocycles. The molecule has 5 nitrogen and oxygen atoms in total. The van der Waals surface area contributed by atoms with Gasteiger partial charge in [0, 0.05) is 4.47 Å². The first-order valence-electron chi connectivity index (χ1n) is 7.07. The highest BCUT2D eigenvalue weighted by atomic mass is 79.9. The van der Waals surface area contributed by atoms with Crippen molar-refractivity contribution in [2.75, 3.05) is 10.6 Å². The fraction of sp³-hybridized carbons (Fsp3) is 0.176. The van der Waals surface area contributed by atoms with Crippen molar-refractivity contribution in [2.45, 2.75) is 19.4 Å². The van der Waals surface area contributed by atoms with Crippen molar-refractivity contribution in [3.63, 3.8) is 0 Å². The molecule has 0 saturated carbocycles. The van der Waals surface area contributed by atoms with Crippen LogP contribution in [0.5, 0.6) is 5.75 Å². The number of hydrogen-bond acceptors (Lipinski definition) is 3. The molecule has 1 unspecified atom stereocenters. The molecule has 1 aliphatic heterocycles. The van der Waals surface area contributed by atoms with Crippen molar-refractivity contribution < 1.29 is 14.3 Å². The van der Waals surface area contributed by atoms with E-state index in [2.05, 4.69) is 26.6 Å². The third kappa shape index (κ3) is 2.82. The lowest BCUT2D eigenvalue weighted by Gasteiger charge is -2.33. The van der Waals surface area contributed by atoms with Crippen molar-refractivity contribution in [1.29, 1.82) is 0 Å². The minimum absolute atomic E-state index is 0.465. The molecule has 1 aliphatic rings. The lowest BCUT2D eigenvalue weighted by atomic mass is 10.0. The molecule has 0 fully saturated rings. The zero-order valence-corrected chi connectivity index (χ0v) is 14.2. The Morgan fingerprint density at radius 3 is 2.74 bits per heavy atom. The molecule has 118 valence electrons. The number of rotatable bonds is 2. The summed E-state index contributed by atoms with van der Waals surface area (Å²) < 4.78 is 6.43. The van der Waals surface area contributed by atoms with Crippen LogP contribution < -0.4 is 15.4 Å². The summed E-state index contributed by atoms with van der Waals surface area (Å²) in [5.74, 6) is -0.571. The number of carbonyl (C=O) groups excluding carboxylic acids is 2. The molecule has 0 bridgehead atoms. The molecular weight excluding hydrogens is 360 g/mol. The maximum Gasteiger partial charge on any atom is 0.278 e. The Labute approximate surface area is 142 Å². The molecule has 6 heteroatoms. The van der Waals surface area contributed by atoms with Gasteiger partial charge in [-0.15, -0.1) is 0 Å². The van der Waals surface area contributed by atoms with E-state index in [1.807, 2.05) is 19.1 Å². The lowest BCUT2D eigenvalue weighted by molar-refractivity contribution is -0.143. The van der Waals surface area contributed by atoms with Gasteiger partial charge in [0.1, 0.15) is 5.75 Å². The van der Waals surface area contributed by atoms with Gasteiger partial charge in [0.25, 0.3) is 17.4 Å². The third-order valence-corrected chi connectivity index (χ3v) is 4.34. The molecule has 1 atom stereocenters. The van der Waals surface area contributed by atoms with Gasteiger partial charge in [-0.1, -0.05) is 18.2 Å². The quantitative estimate of drug-likeness (QED) is 0.790. The number of amides is 2. The van der Waals surface area contributed by atoms with E-state index in [1.165, 1.54) is 6.92 Å². The van der Waals surface area contributed by atoms with Crippen LogP contribution in [0.2, 0.25) is 0 Å². The molecule has 0 spiro atoms. The fourth-order valence-electron chi connectivity index (χ4n) is 2.28. The molecule has 2 N–H and O–H groups in total. The first kappa shape index (κ1) is 15.6. The zero-order valence-electron chi connectivity index (χ0n) is 12.6. The van der Waals surface area contributed by atoms with Gasteiger partial charge in [0.05, 0.1) is 11.4 Å². The highest BCUT2D eigenvalue weighted by molar-refractivity contribution is 9.10. The van der Waals surface area contributed by atoms with Crippen LogP contribution in [0.3, 0.4) is 0 Å². The number of aryl methyl sites for hydroxylation is 1. The molecule has 0 aliphatic carbocycles. The number of hydrogen-bond donors (Lipinski definition) is 2. The van der Waals surface area contributed by atoms with E-state index < -0.39 is 17.4 Å². The molecule has 2 amide bonds. The molecule has 2 aromatic rings. The van der Waals surface area contributed by atoms with Crippen molar-refractivity contribution in [3.8, 4) is 5.75 Å². The number of ether oxygens (including phenoxy) is 1. The number of anilines is 2. The van der Waals surface area contributed by atoms with Gasteiger partial charge in [0.2, 0.25) is 0 Å². The van der Waals surface area contributed by atoms with Crippen molar-refractivity contribution in [2.24, 2.45) is 0 Å². The van der Waals surface area contributed by atoms with Gasteiger partial charge < -0.3 is 15.4 Å². The van der Waals surface area contributed by atoms with Crippen molar-refractivity contribution in [3.05, 3.63) is 52.5 Å². The van der Waals surface area contributed by atoms with Crippen LogP contribution in [0.1, 0.15) is 12.5 Å². The zero-order chi connectivity index (χ0) is 16.6. The summed E-state index contributed by atoms with van der Waals surface area (Å²) in [7, 11) is 0. The molecule has 3 rings (SSSR count). The van der Waals surface area contributed by atoms with Crippen molar-refractivity contribution >= 4 is 39.1 Å². The van der Waals surface area contributed by atoms with Gasteiger partial charge in [-0.2, -0.15) is 0 Å². The van der Waals surface area contributed by atoms with Crippen LogP contribution >= 0.6 is 15.9 Å². The second-order valence-electron chi connectivity index (χ2n) is 5.52. The number of carbonyl (C=O) groups is 2. The molecular formula is C17H15BrN2O3. The summed E-state index contributed by atoms with van der Waals surface area (Å²) in [6.07, 6.45) is 0. The number of para-hydroxylation sites is 2. The number of benzene rings is 2. The van der Waals surface area contributed by atoms with E-state index in [-0.39, 0.29) is 0 Å².